The quantitative estimate of drug-likeness (QED) is 0.791. The summed E-state index contributed by atoms with van der Waals surface area (Å²) in [5, 5.41) is 2.98. The third kappa shape index (κ3) is 5.37. The van der Waals surface area contributed by atoms with E-state index in [1.54, 1.807) is 11.0 Å². The van der Waals surface area contributed by atoms with E-state index in [1.165, 1.54) is 12.5 Å². The molecule has 0 aromatic carbocycles. The van der Waals surface area contributed by atoms with E-state index in [9.17, 15) is 9.59 Å². The summed E-state index contributed by atoms with van der Waals surface area (Å²) < 4.78 is 10.6. The molecule has 2 atom stereocenters. The summed E-state index contributed by atoms with van der Waals surface area (Å²) in [6.45, 7) is 7.75. The molecular weight excluding hydrogens is 308 g/mol. The zero-order valence-corrected chi connectivity index (χ0v) is 14.8. The van der Waals surface area contributed by atoms with E-state index in [4.69, 9.17) is 9.15 Å². The summed E-state index contributed by atoms with van der Waals surface area (Å²) in [7, 11) is 0. The number of furan rings is 1. The van der Waals surface area contributed by atoms with Gasteiger partial charge in [-0.25, -0.2) is 0 Å². The van der Waals surface area contributed by atoms with Crippen molar-refractivity contribution >= 4 is 11.8 Å². The van der Waals surface area contributed by atoms with Crippen LogP contribution in [0.5, 0.6) is 0 Å². The molecule has 0 radical (unpaired) electrons. The van der Waals surface area contributed by atoms with Gasteiger partial charge in [-0.2, -0.15) is 0 Å². The molecule has 1 aromatic rings. The number of hydrogen-bond acceptors (Lipinski definition) is 4. The number of ether oxygens (including phenoxy) is 1. The van der Waals surface area contributed by atoms with Gasteiger partial charge < -0.3 is 19.4 Å². The first-order chi connectivity index (χ1) is 11.5. The van der Waals surface area contributed by atoms with E-state index in [0.29, 0.717) is 24.6 Å². The predicted octanol–water partition coefficient (Wildman–Crippen LogP) is 2.45. The zero-order valence-electron chi connectivity index (χ0n) is 14.8. The van der Waals surface area contributed by atoms with Gasteiger partial charge >= 0.3 is 0 Å². The van der Waals surface area contributed by atoms with Crippen LogP contribution in [-0.4, -0.2) is 48.6 Å². The van der Waals surface area contributed by atoms with Crippen molar-refractivity contribution in [2.45, 2.75) is 52.2 Å². The zero-order chi connectivity index (χ0) is 17.5. The molecule has 2 rings (SSSR count). The Morgan fingerprint density at radius 3 is 2.75 bits per heavy atom. The van der Waals surface area contributed by atoms with E-state index in [-0.39, 0.29) is 30.4 Å². The third-order valence-electron chi connectivity index (χ3n) is 4.50. The molecule has 2 heterocycles. The summed E-state index contributed by atoms with van der Waals surface area (Å²) in [6.07, 6.45) is 5.22. The fraction of sp³-hybridized carbons (Fsp3) is 0.667. The molecule has 1 fully saturated rings. The Morgan fingerprint density at radius 1 is 1.38 bits per heavy atom. The number of rotatable bonds is 8. The molecule has 6 heteroatoms. The number of nitrogens with one attached hydrogen (secondary N) is 1. The van der Waals surface area contributed by atoms with Crippen molar-refractivity contribution in [3.63, 3.8) is 0 Å². The number of amides is 2. The maximum absolute atomic E-state index is 12.6. The number of nitrogens with zero attached hydrogens (tertiary/aromatic N) is 1. The number of carbonyl (C=O) groups excluding carboxylic acids is 2. The van der Waals surface area contributed by atoms with Crippen molar-refractivity contribution in [1.82, 2.24) is 10.2 Å². The van der Waals surface area contributed by atoms with Crippen LogP contribution in [0, 0.1) is 5.92 Å². The van der Waals surface area contributed by atoms with Crippen molar-refractivity contribution in [2.75, 3.05) is 19.7 Å². The van der Waals surface area contributed by atoms with Crippen LogP contribution in [0.2, 0.25) is 0 Å². The average Bonchev–Trinajstić information content (AvgIpc) is 3.23. The minimum Gasteiger partial charge on any atom is -0.472 e. The van der Waals surface area contributed by atoms with Gasteiger partial charge in [0, 0.05) is 32.2 Å². The van der Waals surface area contributed by atoms with Crippen LogP contribution < -0.4 is 5.32 Å². The predicted molar refractivity (Wildman–Crippen MR) is 90.6 cm³/mol. The molecule has 0 aliphatic carbocycles. The van der Waals surface area contributed by atoms with Gasteiger partial charge in [0.1, 0.15) is 6.26 Å². The van der Waals surface area contributed by atoms with E-state index < -0.39 is 0 Å². The van der Waals surface area contributed by atoms with E-state index in [2.05, 4.69) is 19.2 Å². The van der Waals surface area contributed by atoms with Crippen LogP contribution in [-0.2, 0) is 9.53 Å². The summed E-state index contributed by atoms with van der Waals surface area (Å²) in [4.78, 5) is 26.4. The molecule has 134 valence electrons. The van der Waals surface area contributed by atoms with Crippen molar-refractivity contribution in [1.29, 1.82) is 0 Å². The van der Waals surface area contributed by atoms with Gasteiger partial charge in [0.2, 0.25) is 5.91 Å². The Labute approximate surface area is 143 Å². The summed E-state index contributed by atoms with van der Waals surface area (Å²) in [5.41, 5.74) is 0.504. The summed E-state index contributed by atoms with van der Waals surface area (Å²) in [5.74, 6) is 0.224. The fourth-order valence-corrected chi connectivity index (χ4v) is 2.61. The molecule has 1 N–H and O–H groups in total. The van der Waals surface area contributed by atoms with Crippen molar-refractivity contribution in [2.24, 2.45) is 5.92 Å². The number of hydrogen-bond donors (Lipinski definition) is 1. The van der Waals surface area contributed by atoms with Gasteiger partial charge in [-0.15, -0.1) is 0 Å². The SMILES string of the molecule is CC(C)C(C)NC(=O)CCN(CC1CCCO1)C(=O)c1ccoc1. The normalized spacial score (nSPS) is 18.6. The highest BCUT2D eigenvalue weighted by Crippen LogP contribution is 2.16. The molecule has 1 aliphatic rings. The minimum atomic E-state index is -0.121. The second-order valence-electron chi connectivity index (χ2n) is 6.75. The Morgan fingerprint density at radius 2 is 2.17 bits per heavy atom. The maximum Gasteiger partial charge on any atom is 0.257 e. The van der Waals surface area contributed by atoms with Crippen LogP contribution in [0.3, 0.4) is 0 Å². The molecule has 2 unspecified atom stereocenters. The molecule has 0 spiro atoms. The lowest BCUT2D eigenvalue weighted by Crippen LogP contribution is -2.41. The van der Waals surface area contributed by atoms with Gasteiger partial charge in [0.15, 0.2) is 0 Å². The van der Waals surface area contributed by atoms with Crippen molar-refractivity contribution in [3.05, 3.63) is 24.2 Å². The lowest BCUT2D eigenvalue weighted by molar-refractivity contribution is -0.122. The van der Waals surface area contributed by atoms with Gasteiger partial charge in [0.25, 0.3) is 5.91 Å². The molecule has 6 nitrogen and oxygen atoms in total. The van der Waals surface area contributed by atoms with Crippen LogP contribution in [0.1, 0.15) is 50.4 Å². The molecule has 2 amide bonds. The van der Waals surface area contributed by atoms with Crippen molar-refractivity contribution < 1.29 is 18.7 Å². The molecule has 1 saturated heterocycles. The first-order valence-electron chi connectivity index (χ1n) is 8.69. The van der Waals surface area contributed by atoms with Gasteiger partial charge in [-0.05, 0) is 31.7 Å². The average molecular weight is 336 g/mol. The van der Waals surface area contributed by atoms with Crippen molar-refractivity contribution in [3.8, 4) is 0 Å². The lowest BCUT2D eigenvalue weighted by Gasteiger charge is -2.25. The Hall–Kier alpha value is -1.82. The number of carbonyl (C=O) groups is 2. The minimum absolute atomic E-state index is 0.0338. The first kappa shape index (κ1) is 18.5. The fourth-order valence-electron chi connectivity index (χ4n) is 2.61. The highest BCUT2D eigenvalue weighted by Gasteiger charge is 2.24. The smallest absolute Gasteiger partial charge is 0.257 e. The second-order valence-corrected chi connectivity index (χ2v) is 6.75. The highest BCUT2D eigenvalue weighted by molar-refractivity contribution is 5.94. The Kier molecular flexibility index (Phi) is 6.85. The van der Waals surface area contributed by atoms with Crippen LogP contribution in [0.25, 0.3) is 0 Å². The highest BCUT2D eigenvalue weighted by atomic mass is 16.5. The third-order valence-corrected chi connectivity index (χ3v) is 4.50. The van der Waals surface area contributed by atoms with Gasteiger partial charge in [-0.1, -0.05) is 13.8 Å². The van der Waals surface area contributed by atoms with Crippen LogP contribution in [0.4, 0.5) is 0 Å². The molecular formula is C18H28N2O4. The topological polar surface area (TPSA) is 71.8 Å². The van der Waals surface area contributed by atoms with Gasteiger partial charge in [0.05, 0.1) is 17.9 Å². The maximum atomic E-state index is 12.6. The Bertz CT molecular complexity index is 521. The van der Waals surface area contributed by atoms with Crippen LogP contribution >= 0.6 is 0 Å². The summed E-state index contributed by atoms with van der Waals surface area (Å²) in [6, 6.07) is 1.76. The Balaban J connectivity index is 1.92. The molecule has 1 aliphatic heterocycles. The van der Waals surface area contributed by atoms with E-state index in [1.807, 2.05) is 6.92 Å². The molecule has 0 bridgehead atoms. The standard InChI is InChI=1S/C18H28N2O4/c1-13(2)14(3)19-17(21)6-8-20(11-16-5-4-9-24-16)18(22)15-7-10-23-12-15/h7,10,12-14,16H,4-6,8-9,11H2,1-3H3,(H,19,21). The monoisotopic (exact) mass is 336 g/mol. The largest absolute Gasteiger partial charge is 0.472 e. The summed E-state index contributed by atoms with van der Waals surface area (Å²) >= 11 is 0. The van der Waals surface area contributed by atoms with E-state index in [0.717, 1.165) is 19.4 Å². The van der Waals surface area contributed by atoms with Crippen LogP contribution in [0.15, 0.2) is 23.0 Å². The lowest BCUT2D eigenvalue weighted by atomic mass is 10.1. The van der Waals surface area contributed by atoms with E-state index >= 15 is 0 Å². The first-order valence-corrected chi connectivity index (χ1v) is 8.69. The van der Waals surface area contributed by atoms with Gasteiger partial charge in [-0.3, -0.25) is 9.59 Å². The molecule has 0 saturated carbocycles. The molecule has 24 heavy (non-hydrogen) atoms. The molecule has 1 aromatic heterocycles. The second kappa shape index (κ2) is 8.87.